The summed E-state index contributed by atoms with van der Waals surface area (Å²) in [4.78, 5) is 3.13. The number of halogens is 2. The third-order valence-corrected chi connectivity index (χ3v) is 3.90. The van der Waals surface area contributed by atoms with Crippen molar-refractivity contribution in [2.24, 2.45) is 5.92 Å². The molecule has 2 rings (SSSR count). The first-order valence-electron chi connectivity index (χ1n) is 5.56. The second-order valence-corrected chi connectivity index (χ2v) is 6.10. The summed E-state index contributed by atoms with van der Waals surface area (Å²) in [6.45, 7) is 5.17. The predicted octanol–water partition coefficient (Wildman–Crippen LogP) is 4.49. The molecule has 0 aliphatic carbocycles. The molecule has 0 fully saturated rings. The average Bonchev–Trinajstić information content (AvgIpc) is 2.52. The Morgan fingerprint density at radius 2 is 2.18 bits per heavy atom. The normalized spacial score (nSPS) is 11.6. The lowest BCUT2D eigenvalue weighted by Gasteiger charge is -2.07. The molecule has 0 spiro atoms. The molecule has 2 nitrogen and oxygen atoms in total. The third-order valence-electron chi connectivity index (χ3n) is 2.75. The lowest BCUT2D eigenvalue weighted by atomic mass is 10.1. The van der Waals surface area contributed by atoms with Gasteiger partial charge in [-0.2, -0.15) is 0 Å². The number of nitrogens with zero attached hydrogens (tertiary/aromatic N) is 1. The van der Waals surface area contributed by atoms with Gasteiger partial charge in [-0.1, -0.05) is 13.8 Å². The van der Waals surface area contributed by atoms with Gasteiger partial charge in [0.05, 0.1) is 14.6 Å². The van der Waals surface area contributed by atoms with Crippen molar-refractivity contribution in [3.05, 3.63) is 26.3 Å². The fraction of sp³-hybridized carbons (Fsp3) is 0.417. The van der Waals surface area contributed by atoms with Gasteiger partial charge in [0, 0.05) is 12.6 Å². The fourth-order valence-electron chi connectivity index (χ4n) is 1.76. The van der Waals surface area contributed by atoms with Crippen LogP contribution >= 0.6 is 34.8 Å². The van der Waals surface area contributed by atoms with Gasteiger partial charge in [-0.25, -0.2) is 4.39 Å². The van der Waals surface area contributed by atoms with E-state index in [4.69, 9.17) is 12.2 Å². The topological polar surface area (TPSA) is 20.7 Å². The van der Waals surface area contributed by atoms with Crippen molar-refractivity contribution >= 4 is 45.8 Å². The molecule has 0 aliphatic heterocycles. The van der Waals surface area contributed by atoms with Crippen molar-refractivity contribution in [3.8, 4) is 0 Å². The Morgan fingerprint density at radius 3 is 2.82 bits per heavy atom. The van der Waals surface area contributed by atoms with E-state index >= 15 is 0 Å². The van der Waals surface area contributed by atoms with Gasteiger partial charge in [-0.15, -0.1) is 0 Å². The highest BCUT2D eigenvalue weighted by molar-refractivity contribution is 14.1. The summed E-state index contributed by atoms with van der Waals surface area (Å²) in [6, 6.07) is 3.36. The summed E-state index contributed by atoms with van der Waals surface area (Å²) < 4.78 is 16.8. The van der Waals surface area contributed by atoms with Crippen LogP contribution in [0.25, 0.3) is 11.0 Å². The van der Waals surface area contributed by atoms with Crippen molar-refractivity contribution < 1.29 is 4.39 Å². The largest absolute Gasteiger partial charge is 0.331 e. The van der Waals surface area contributed by atoms with Crippen LogP contribution in [0.2, 0.25) is 0 Å². The minimum Gasteiger partial charge on any atom is -0.331 e. The highest BCUT2D eigenvalue weighted by Crippen LogP contribution is 2.21. The number of fused-ring (bicyclic) bond motifs is 1. The second-order valence-electron chi connectivity index (χ2n) is 4.55. The Kier molecular flexibility index (Phi) is 3.87. The molecular formula is C12H14FIN2S. The molecule has 92 valence electrons. The van der Waals surface area contributed by atoms with Crippen molar-refractivity contribution in [2.75, 3.05) is 0 Å². The molecule has 0 radical (unpaired) electrons. The molecule has 0 saturated heterocycles. The molecule has 17 heavy (non-hydrogen) atoms. The molecule has 0 atom stereocenters. The minimum atomic E-state index is -0.189. The standard InChI is InChI=1S/C12H14FIN2S/c1-7(2)3-4-16-11-5-8(13)9(14)6-10(11)15-12(16)17/h5-7H,3-4H2,1-2H3,(H,15,17). The van der Waals surface area contributed by atoms with E-state index in [2.05, 4.69) is 18.8 Å². The lowest BCUT2D eigenvalue weighted by Crippen LogP contribution is -2.01. The van der Waals surface area contributed by atoms with Gasteiger partial charge in [-0.3, -0.25) is 0 Å². The zero-order valence-electron chi connectivity index (χ0n) is 9.76. The van der Waals surface area contributed by atoms with Crippen LogP contribution in [0.1, 0.15) is 20.3 Å². The number of hydrogen-bond donors (Lipinski definition) is 1. The number of nitrogens with one attached hydrogen (secondary N) is 1. The molecule has 0 aliphatic rings. The highest BCUT2D eigenvalue weighted by Gasteiger charge is 2.09. The number of aromatic nitrogens is 2. The van der Waals surface area contributed by atoms with E-state index in [1.54, 1.807) is 12.1 Å². The van der Waals surface area contributed by atoms with E-state index in [0.29, 0.717) is 14.3 Å². The number of aryl methyl sites for hydroxylation is 1. The molecule has 1 aromatic heterocycles. The van der Waals surface area contributed by atoms with Crippen molar-refractivity contribution in [3.63, 3.8) is 0 Å². The number of H-pyrrole nitrogens is 1. The summed E-state index contributed by atoms with van der Waals surface area (Å²) in [5.41, 5.74) is 1.76. The number of benzene rings is 1. The van der Waals surface area contributed by atoms with Gasteiger partial charge in [0.2, 0.25) is 0 Å². The summed E-state index contributed by atoms with van der Waals surface area (Å²) in [5, 5.41) is 0. The van der Waals surface area contributed by atoms with E-state index in [0.717, 1.165) is 24.0 Å². The Hall–Kier alpha value is -0.430. The van der Waals surface area contributed by atoms with Gasteiger partial charge in [0.25, 0.3) is 0 Å². The van der Waals surface area contributed by atoms with Crippen LogP contribution in [-0.4, -0.2) is 9.55 Å². The number of imidazole rings is 1. The molecule has 2 aromatic rings. The third kappa shape index (κ3) is 2.70. The van der Waals surface area contributed by atoms with E-state index < -0.39 is 0 Å². The van der Waals surface area contributed by atoms with Crippen LogP contribution < -0.4 is 0 Å². The maximum Gasteiger partial charge on any atom is 0.178 e. The monoisotopic (exact) mass is 364 g/mol. The quantitative estimate of drug-likeness (QED) is 0.629. The SMILES string of the molecule is CC(C)CCn1c(=S)[nH]c2cc(I)c(F)cc21. The average molecular weight is 364 g/mol. The van der Waals surface area contributed by atoms with Gasteiger partial charge >= 0.3 is 0 Å². The predicted molar refractivity (Wildman–Crippen MR) is 79.3 cm³/mol. The maximum absolute atomic E-state index is 13.6. The van der Waals surface area contributed by atoms with Crippen LogP contribution in [0.5, 0.6) is 0 Å². The minimum absolute atomic E-state index is 0.189. The first-order chi connectivity index (χ1) is 7.99. The van der Waals surface area contributed by atoms with Gasteiger partial charge in [0.1, 0.15) is 5.82 Å². The van der Waals surface area contributed by atoms with Gasteiger partial charge < -0.3 is 9.55 Å². The molecule has 0 saturated carbocycles. The summed E-state index contributed by atoms with van der Waals surface area (Å²) in [5.74, 6) is 0.418. The molecular weight excluding hydrogens is 350 g/mol. The number of rotatable bonds is 3. The van der Waals surface area contributed by atoms with E-state index in [1.165, 1.54) is 0 Å². The molecule has 0 unspecified atom stereocenters. The zero-order chi connectivity index (χ0) is 12.6. The van der Waals surface area contributed by atoms with Crippen molar-refractivity contribution in [1.29, 1.82) is 0 Å². The summed E-state index contributed by atoms with van der Waals surface area (Å²) >= 11 is 7.26. The maximum atomic E-state index is 13.6. The van der Waals surface area contributed by atoms with E-state index in [1.807, 2.05) is 27.2 Å². The van der Waals surface area contributed by atoms with Crippen LogP contribution in [0.15, 0.2) is 12.1 Å². The van der Waals surface area contributed by atoms with Gasteiger partial charge in [0.15, 0.2) is 4.77 Å². The van der Waals surface area contributed by atoms with Crippen LogP contribution in [-0.2, 0) is 6.54 Å². The smallest absolute Gasteiger partial charge is 0.178 e. The zero-order valence-corrected chi connectivity index (χ0v) is 12.7. The Balaban J connectivity index is 2.51. The summed E-state index contributed by atoms with van der Waals surface area (Å²) in [7, 11) is 0. The van der Waals surface area contributed by atoms with E-state index in [-0.39, 0.29) is 5.82 Å². The Labute approximate surface area is 118 Å². The highest BCUT2D eigenvalue weighted by atomic mass is 127. The molecule has 1 aromatic carbocycles. The number of hydrogen-bond acceptors (Lipinski definition) is 1. The van der Waals surface area contributed by atoms with Crippen LogP contribution in [0.4, 0.5) is 4.39 Å². The molecule has 5 heteroatoms. The Bertz CT molecular complexity index is 600. The molecule has 0 amide bonds. The van der Waals surface area contributed by atoms with Crippen LogP contribution in [0, 0.1) is 20.1 Å². The summed E-state index contributed by atoms with van der Waals surface area (Å²) in [6.07, 6.45) is 1.04. The number of aromatic amines is 1. The molecule has 1 N–H and O–H groups in total. The molecule has 0 bridgehead atoms. The van der Waals surface area contributed by atoms with Gasteiger partial charge in [-0.05, 0) is 53.2 Å². The first-order valence-corrected chi connectivity index (χ1v) is 7.05. The van der Waals surface area contributed by atoms with Crippen LogP contribution in [0.3, 0.4) is 0 Å². The fourth-order valence-corrected chi connectivity index (χ4v) is 2.53. The van der Waals surface area contributed by atoms with E-state index in [9.17, 15) is 4.39 Å². The lowest BCUT2D eigenvalue weighted by molar-refractivity contribution is 0.519. The van der Waals surface area contributed by atoms with Crippen molar-refractivity contribution in [2.45, 2.75) is 26.8 Å². The molecule has 1 heterocycles. The second kappa shape index (κ2) is 5.06. The van der Waals surface area contributed by atoms with Crippen molar-refractivity contribution in [1.82, 2.24) is 9.55 Å². The Morgan fingerprint density at radius 1 is 1.47 bits per heavy atom. The first kappa shape index (κ1) is 13.0.